The summed E-state index contributed by atoms with van der Waals surface area (Å²) >= 11 is 5.96. The maximum Gasteiger partial charge on any atom is 0.125 e. The summed E-state index contributed by atoms with van der Waals surface area (Å²) in [7, 11) is 1.70. The van der Waals surface area contributed by atoms with Gasteiger partial charge in [0.15, 0.2) is 0 Å². The van der Waals surface area contributed by atoms with Crippen molar-refractivity contribution >= 4 is 11.6 Å². The average molecular weight is 286 g/mol. The summed E-state index contributed by atoms with van der Waals surface area (Å²) in [5.41, 5.74) is 0.429. The van der Waals surface area contributed by atoms with E-state index in [-0.39, 0.29) is 5.82 Å². The monoisotopic (exact) mass is 285 g/mol. The number of hydrogen-bond acceptors (Lipinski definition) is 2. The minimum absolute atomic E-state index is 0.300. The van der Waals surface area contributed by atoms with Gasteiger partial charge in [0.25, 0.3) is 0 Å². The highest BCUT2D eigenvalue weighted by Gasteiger charge is 2.39. The Bertz CT molecular complexity index is 420. The molecule has 19 heavy (non-hydrogen) atoms. The molecule has 2 nitrogen and oxygen atoms in total. The lowest BCUT2D eigenvalue weighted by Crippen LogP contribution is -2.33. The van der Waals surface area contributed by atoms with Gasteiger partial charge in [0, 0.05) is 25.2 Å². The molecule has 2 rings (SSSR count). The van der Waals surface area contributed by atoms with Crippen LogP contribution >= 0.6 is 11.6 Å². The van der Waals surface area contributed by atoms with Gasteiger partial charge in [0.2, 0.25) is 0 Å². The van der Waals surface area contributed by atoms with Crippen molar-refractivity contribution in [2.45, 2.75) is 31.8 Å². The van der Waals surface area contributed by atoms with Crippen LogP contribution in [0.5, 0.6) is 0 Å². The summed E-state index contributed by atoms with van der Waals surface area (Å²) in [4.78, 5) is 2.38. The third-order valence-corrected chi connectivity index (χ3v) is 4.14. The molecule has 1 atom stereocenters. The van der Waals surface area contributed by atoms with Gasteiger partial charge >= 0.3 is 0 Å². The lowest BCUT2D eigenvalue weighted by atomic mass is 9.92. The van der Waals surface area contributed by atoms with Crippen molar-refractivity contribution in [3.63, 3.8) is 0 Å². The molecule has 106 valence electrons. The van der Waals surface area contributed by atoms with Gasteiger partial charge in [-0.25, -0.2) is 4.39 Å². The van der Waals surface area contributed by atoms with Crippen molar-refractivity contribution in [3.8, 4) is 0 Å². The van der Waals surface area contributed by atoms with Crippen LogP contribution in [-0.2, 0) is 10.3 Å². The molecular weight excluding hydrogens is 265 g/mol. The fraction of sp³-hybridized carbons (Fsp3) is 0.600. The van der Waals surface area contributed by atoms with Gasteiger partial charge in [-0.15, -0.1) is 0 Å². The first-order valence-corrected chi connectivity index (χ1v) is 7.21. The molecule has 0 amide bonds. The van der Waals surface area contributed by atoms with Crippen LogP contribution in [0.25, 0.3) is 0 Å². The van der Waals surface area contributed by atoms with Crippen LogP contribution in [0.15, 0.2) is 18.2 Å². The lowest BCUT2D eigenvalue weighted by Gasteiger charge is -2.29. The minimum atomic E-state index is -0.417. The van der Waals surface area contributed by atoms with E-state index in [9.17, 15) is 4.39 Å². The molecule has 1 fully saturated rings. The molecule has 0 saturated carbocycles. The molecule has 0 aliphatic carbocycles. The normalized spacial score (nSPS) is 24.0. The van der Waals surface area contributed by atoms with Crippen LogP contribution in [0.1, 0.15) is 31.7 Å². The summed E-state index contributed by atoms with van der Waals surface area (Å²) in [6, 6.07) is 4.69. The van der Waals surface area contributed by atoms with Crippen molar-refractivity contribution in [2.75, 3.05) is 26.7 Å². The maximum atomic E-state index is 13.5. The van der Waals surface area contributed by atoms with Crippen LogP contribution in [0, 0.1) is 5.82 Å². The second-order valence-electron chi connectivity index (χ2n) is 5.24. The number of ether oxygens (including phenoxy) is 1. The van der Waals surface area contributed by atoms with Crippen LogP contribution in [-0.4, -0.2) is 31.6 Å². The Kier molecular flexibility index (Phi) is 4.82. The number of nitrogens with zero attached hydrogens (tertiary/aromatic N) is 1. The Morgan fingerprint density at radius 2 is 2.21 bits per heavy atom. The summed E-state index contributed by atoms with van der Waals surface area (Å²) in [6.07, 6.45) is 3.25. The Morgan fingerprint density at radius 3 is 2.84 bits per heavy atom. The zero-order valence-corrected chi connectivity index (χ0v) is 12.3. The van der Waals surface area contributed by atoms with E-state index in [1.807, 2.05) is 6.07 Å². The molecule has 1 saturated heterocycles. The minimum Gasteiger partial charge on any atom is -0.372 e. The topological polar surface area (TPSA) is 12.5 Å². The summed E-state index contributed by atoms with van der Waals surface area (Å²) < 4.78 is 19.3. The summed E-state index contributed by atoms with van der Waals surface area (Å²) in [5, 5.41) is 0.429. The molecule has 4 heteroatoms. The fourth-order valence-corrected chi connectivity index (χ4v) is 2.99. The molecule has 1 aromatic carbocycles. The highest BCUT2D eigenvalue weighted by Crippen LogP contribution is 2.36. The third kappa shape index (κ3) is 3.28. The predicted octanol–water partition coefficient (Wildman–Crippen LogP) is 3.83. The maximum absolute atomic E-state index is 13.5. The number of hydrogen-bond donors (Lipinski definition) is 0. The summed E-state index contributed by atoms with van der Waals surface area (Å²) in [5.74, 6) is -0.300. The van der Waals surface area contributed by atoms with Crippen molar-refractivity contribution in [3.05, 3.63) is 34.6 Å². The van der Waals surface area contributed by atoms with Crippen molar-refractivity contribution < 1.29 is 9.13 Å². The molecule has 0 radical (unpaired) electrons. The van der Waals surface area contributed by atoms with E-state index >= 15 is 0 Å². The van der Waals surface area contributed by atoms with Crippen LogP contribution < -0.4 is 0 Å². The zero-order valence-electron chi connectivity index (χ0n) is 11.6. The number of likely N-dealkylation sites (tertiary alicyclic amines) is 1. The zero-order chi connectivity index (χ0) is 13.9. The third-order valence-electron chi connectivity index (χ3n) is 3.92. The van der Waals surface area contributed by atoms with Gasteiger partial charge in [0.1, 0.15) is 11.4 Å². The number of unbranched alkanes of at least 4 members (excludes halogenated alkanes) is 1. The van der Waals surface area contributed by atoms with Gasteiger partial charge in [-0.1, -0.05) is 24.9 Å². The van der Waals surface area contributed by atoms with Crippen LogP contribution in [0.2, 0.25) is 5.02 Å². The Labute approximate surface area is 119 Å². The first-order valence-electron chi connectivity index (χ1n) is 6.84. The molecular formula is C15H21ClFNO. The SMILES string of the molecule is CCCCN1CCC(OC)(c2cc(F)cc(Cl)c2)C1. The fourth-order valence-electron chi connectivity index (χ4n) is 2.77. The van der Waals surface area contributed by atoms with E-state index in [1.54, 1.807) is 13.2 Å². The van der Waals surface area contributed by atoms with Gasteiger partial charge in [0.05, 0.1) is 0 Å². The number of methoxy groups -OCH3 is 1. The molecule has 1 heterocycles. The quantitative estimate of drug-likeness (QED) is 0.815. The number of rotatable bonds is 5. The molecule has 1 aliphatic rings. The molecule has 1 aliphatic heterocycles. The highest BCUT2D eigenvalue weighted by molar-refractivity contribution is 6.30. The lowest BCUT2D eigenvalue weighted by molar-refractivity contribution is -0.00609. The number of halogens is 2. The van der Waals surface area contributed by atoms with Crippen molar-refractivity contribution in [1.29, 1.82) is 0 Å². The van der Waals surface area contributed by atoms with E-state index in [0.717, 1.165) is 31.6 Å². The van der Waals surface area contributed by atoms with Crippen molar-refractivity contribution in [2.24, 2.45) is 0 Å². The molecule has 0 aromatic heterocycles. The first kappa shape index (κ1) is 14.8. The second-order valence-corrected chi connectivity index (χ2v) is 5.67. The van der Waals surface area contributed by atoms with Gasteiger partial charge in [-0.3, -0.25) is 4.90 Å². The van der Waals surface area contributed by atoms with E-state index in [1.165, 1.54) is 18.9 Å². The van der Waals surface area contributed by atoms with Crippen LogP contribution in [0.3, 0.4) is 0 Å². The average Bonchev–Trinajstić information content (AvgIpc) is 2.80. The van der Waals surface area contributed by atoms with E-state index in [4.69, 9.17) is 16.3 Å². The van der Waals surface area contributed by atoms with E-state index in [0.29, 0.717) is 5.02 Å². The van der Waals surface area contributed by atoms with Crippen molar-refractivity contribution in [1.82, 2.24) is 4.90 Å². The Balaban J connectivity index is 2.19. The smallest absolute Gasteiger partial charge is 0.125 e. The summed E-state index contributed by atoms with van der Waals surface area (Å²) in [6.45, 7) is 5.06. The molecule has 0 N–H and O–H groups in total. The Morgan fingerprint density at radius 1 is 1.42 bits per heavy atom. The van der Waals surface area contributed by atoms with Gasteiger partial charge in [-0.05, 0) is 43.1 Å². The van der Waals surface area contributed by atoms with Gasteiger partial charge < -0.3 is 4.74 Å². The molecule has 1 aromatic rings. The molecule has 1 unspecified atom stereocenters. The predicted molar refractivity (Wildman–Crippen MR) is 76.1 cm³/mol. The van der Waals surface area contributed by atoms with Crippen LogP contribution in [0.4, 0.5) is 4.39 Å². The first-order chi connectivity index (χ1) is 9.09. The Hall–Kier alpha value is -0.640. The number of benzene rings is 1. The largest absolute Gasteiger partial charge is 0.372 e. The van der Waals surface area contributed by atoms with E-state index in [2.05, 4.69) is 11.8 Å². The second kappa shape index (κ2) is 6.21. The van der Waals surface area contributed by atoms with Gasteiger partial charge in [-0.2, -0.15) is 0 Å². The molecule has 0 spiro atoms. The standard InChI is InChI=1S/C15H21ClFNO/c1-3-4-6-18-7-5-15(11-18,19-2)12-8-13(16)10-14(17)9-12/h8-10H,3-7,11H2,1-2H3. The molecule has 0 bridgehead atoms. The highest BCUT2D eigenvalue weighted by atomic mass is 35.5. The van der Waals surface area contributed by atoms with E-state index < -0.39 is 5.60 Å².